The molecule has 8 heteroatoms. The lowest BCUT2D eigenvalue weighted by Gasteiger charge is -2.32. The van der Waals surface area contributed by atoms with Crippen molar-refractivity contribution in [2.45, 2.75) is 51.5 Å². The van der Waals surface area contributed by atoms with E-state index in [2.05, 4.69) is 10.6 Å². The molecule has 2 fully saturated rings. The summed E-state index contributed by atoms with van der Waals surface area (Å²) in [5, 5.41) is 6.39. The summed E-state index contributed by atoms with van der Waals surface area (Å²) in [6.07, 6.45) is 4.99. The van der Waals surface area contributed by atoms with Gasteiger partial charge in [-0.25, -0.2) is 12.7 Å². The van der Waals surface area contributed by atoms with Crippen molar-refractivity contribution < 1.29 is 13.2 Å². The van der Waals surface area contributed by atoms with E-state index < -0.39 is 10.0 Å². The summed E-state index contributed by atoms with van der Waals surface area (Å²) in [4.78, 5) is 12.3. The molecule has 1 unspecified atom stereocenters. The average Bonchev–Trinajstić information content (AvgIpc) is 2.54. The lowest BCUT2D eigenvalue weighted by molar-refractivity contribution is -0.126. The molecular weight excluding hydrogens is 338 g/mol. The van der Waals surface area contributed by atoms with Crippen LogP contribution in [0.15, 0.2) is 0 Å². The van der Waals surface area contributed by atoms with Crippen molar-refractivity contribution in [1.29, 1.82) is 0 Å². The molecule has 0 spiro atoms. The minimum atomic E-state index is -3.13. The van der Waals surface area contributed by atoms with Crippen molar-refractivity contribution >= 4 is 28.3 Å². The number of hydrogen-bond donors (Lipinski definition) is 2. The van der Waals surface area contributed by atoms with Crippen LogP contribution >= 0.6 is 12.4 Å². The molecule has 1 amide bonds. The third-order valence-electron chi connectivity index (χ3n) is 4.62. The molecule has 0 radical (unpaired) electrons. The van der Waals surface area contributed by atoms with Crippen LogP contribution in [-0.2, 0) is 14.8 Å². The van der Waals surface area contributed by atoms with Gasteiger partial charge in [0.25, 0.3) is 0 Å². The minimum Gasteiger partial charge on any atom is -0.352 e. The van der Waals surface area contributed by atoms with Crippen molar-refractivity contribution in [3.8, 4) is 0 Å². The molecule has 2 heterocycles. The van der Waals surface area contributed by atoms with Gasteiger partial charge in [-0.15, -0.1) is 12.4 Å². The maximum absolute atomic E-state index is 12.3. The molecule has 0 bridgehead atoms. The predicted molar refractivity (Wildman–Crippen MR) is 94.3 cm³/mol. The highest BCUT2D eigenvalue weighted by atomic mass is 35.5. The number of halogens is 1. The highest BCUT2D eigenvalue weighted by molar-refractivity contribution is 7.89. The Kier molecular flexibility index (Phi) is 8.82. The Hall–Kier alpha value is -0.370. The van der Waals surface area contributed by atoms with Gasteiger partial charge in [0.1, 0.15) is 0 Å². The monoisotopic (exact) mass is 367 g/mol. The highest BCUT2D eigenvalue weighted by Crippen LogP contribution is 2.21. The number of nitrogens with zero attached hydrogens (tertiary/aromatic N) is 1. The molecule has 6 nitrogen and oxygen atoms in total. The third-order valence-corrected chi connectivity index (χ3v) is 6.57. The van der Waals surface area contributed by atoms with Gasteiger partial charge < -0.3 is 10.6 Å². The Morgan fingerprint density at radius 2 is 1.96 bits per heavy atom. The minimum absolute atomic E-state index is 0. The second-order valence-corrected chi connectivity index (χ2v) is 8.48. The number of rotatable bonds is 6. The van der Waals surface area contributed by atoms with Gasteiger partial charge in [-0.3, -0.25) is 4.79 Å². The summed E-state index contributed by atoms with van der Waals surface area (Å²) < 4.78 is 25.9. The van der Waals surface area contributed by atoms with Crippen molar-refractivity contribution in [3.63, 3.8) is 0 Å². The fourth-order valence-corrected chi connectivity index (χ4v) is 4.82. The maximum Gasteiger partial charge on any atom is 0.223 e. The number of sulfonamides is 1. The van der Waals surface area contributed by atoms with E-state index in [1.807, 2.05) is 6.92 Å². The molecule has 2 aliphatic heterocycles. The SMILES string of the molecule is CCCCS(=O)(=O)N1CCC(C(=O)NC2CCCNC2)CC1.Cl. The van der Waals surface area contributed by atoms with Gasteiger partial charge in [0.05, 0.1) is 5.75 Å². The van der Waals surface area contributed by atoms with Crippen LogP contribution in [-0.4, -0.2) is 56.6 Å². The average molecular weight is 368 g/mol. The molecule has 2 rings (SSSR count). The molecular formula is C15H30ClN3O3S. The molecule has 0 saturated carbocycles. The van der Waals surface area contributed by atoms with Gasteiger partial charge in [-0.05, 0) is 38.6 Å². The third kappa shape index (κ3) is 6.21. The normalized spacial score (nSPS) is 24.0. The quantitative estimate of drug-likeness (QED) is 0.737. The lowest BCUT2D eigenvalue weighted by Crippen LogP contribution is -2.49. The van der Waals surface area contributed by atoms with E-state index in [0.29, 0.717) is 32.4 Å². The fourth-order valence-electron chi connectivity index (χ4n) is 3.15. The second-order valence-electron chi connectivity index (χ2n) is 6.39. The molecule has 0 aromatic rings. The van der Waals surface area contributed by atoms with Gasteiger partial charge in [0, 0.05) is 31.6 Å². The molecule has 136 valence electrons. The van der Waals surface area contributed by atoms with Crippen LogP contribution in [0.1, 0.15) is 45.4 Å². The zero-order valence-electron chi connectivity index (χ0n) is 13.9. The fraction of sp³-hybridized carbons (Fsp3) is 0.933. The Bertz CT molecular complexity index is 459. The number of nitrogens with one attached hydrogen (secondary N) is 2. The molecule has 23 heavy (non-hydrogen) atoms. The van der Waals surface area contributed by atoms with Crippen molar-refractivity contribution in [2.24, 2.45) is 5.92 Å². The number of unbranched alkanes of at least 4 members (excludes halogenated alkanes) is 1. The van der Waals surface area contributed by atoms with Crippen LogP contribution in [0, 0.1) is 5.92 Å². The van der Waals surface area contributed by atoms with Crippen LogP contribution in [0.25, 0.3) is 0 Å². The summed E-state index contributed by atoms with van der Waals surface area (Å²) in [7, 11) is -3.13. The van der Waals surface area contributed by atoms with E-state index in [4.69, 9.17) is 0 Å². The zero-order chi connectivity index (χ0) is 16.0. The Balaban J connectivity index is 0.00000264. The smallest absolute Gasteiger partial charge is 0.223 e. The van der Waals surface area contributed by atoms with Crippen LogP contribution < -0.4 is 10.6 Å². The molecule has 1 atom stereocenters. The maximum atomic E-state index is 12.3. The first kappa shape index (κ1) is 20.7. The van der Waals surface area contributed by atoms with Crippen LogP contribution in [0.4, 0.5) is 0 Å². The molecule has 0 aliphatic carbocycles. The summed E-state index contributed by atoms with van der Waals surface area (Å²) in [6.45, 7) is 4.82. The molecule has 2 N–H and O–H groups in total. The summed E-state index contributed by atoms with van der Waals surface area (Å²) in [6, 6.07) is 0.229. The van der Waals surface area contributed by atoms with Crippen molar-refractivity contribution in [2.75, 3.05) is 31.9 Å². The van der Waals surface area contributed by atoms with Gasteiger partial charge >= 0.3 is 0 Å². The number of carbonyl (C=O) groups is 1. The summed E-state index contributed by atoms with van der Waals surface area (Å²) in [5.74, 6) is 0.285. The van der Waals surface area contributed by atoms with Gasteiger partial charge in [-0.1, -0.05) is 13.3 Å². The first-order valence-electron chi connectivity index (χ1n) is 8.52. The first-order valence-corrected chi connectivity index (χ1v) is 10.1. The molecule has 2 saturated heterocycles. The Labute approximate surface area is 146 Å². The number of hydrogen-bond acceptors (Lipinski definition) is 4. The summed E-state index contributed by atoms with van der Waals surface area (Å²) in [5.41, 5.74) is 0. The predicted octanol–water partition coefficient (Wildman–Crippen LogP) is 1.12. The number of piperidine rings is 2. The first-order chi connectivity index (χ1) is 10.5. The van der Waals surface area contributed by atoms with Gasteiger partial charge in [0.15, 0.2) is 0 Å². The van der Waals surface area contributed by atoms with E-state index in [0.717, 1.165) is 32.4 Å². The van der Waals surface area contributed by atoms with E-state index in [1.54, 1.807) is 4.31 Å². The summed E-state index contributed by atoms with van der Waals surface area (Å²) >= 11 is 0. The van der Waals surface area contributed by atoms with E-state index >= 15 is 0 Å². The number of carbonyl (C=O) groups excluding carboxylic acids is 1. The van der Waals surface area contributed by atoms with Crippen LogP contribution in [0.2, 0.25) is 0 Å². The van der Waals surface area contributed by atoms with E-state index in [1.165, 1.54) is 0 Å². The van der Waals surface area contributed by atoms with Crippen molar-refractivity contribution in [1.82, 2.24) is 14.9 Å². The van der Waals surface area contributed by atoms with Crippen LogP contribution in [0.5, 0.6) is 0 Å². The van der Waals surface area contributed by atoms with Gasteiger partial charge in [0.2, 0.25) is 15.9 Å². The molecule has 2 aliphatic rings. The van der Waals surface area contributed by atoms with E-state index in [9.17, 15) is 13.2 Å². The standard InChI is InChI=1S/C15H29N3O3S.ClH/c1-2-3-11-22(20,21)18-9-6-13(7-10-18)15(19)17-14-5-4-8-16-12-14;/h13-14,16H,2-12H2,1H3,(H,17,19);1H. The topological polar surface area (TPSA) is 78.5 Å². The Morgan fingerprint density at radius 1 is 1.26 bits per heavy atom. The highest BCUT2D eigenvalue weighted by Gasteiger charge is 2.31. The zero-order valence-corrected chi connectivity index (χ0v) is 15.6. The largest absolute Gasteiger partial charge is 0.352 e. The second kappa shape index (κ2) is 9.81. The van der Waals surface area contributed by atoms with E-state index in [-0.39, 0.29) is 36.0 Å². The number of amides is 1. The van der Waals surface area contributed by atoms with Gasteiger partial charge in [-0.2, -0.15) is 0 Å². The van der Waals surface area contributed by atoms with Crippen molar-refractivity contribution in [3.05, 3.63) is 0 Å². The Morgan fingerprint density at radius 3 is 2.52 bits per heavy atom. The lowest BCUT2D eigenvalue weighted by atomic mass is 9.96. The molecule has 0 aromatic carbocycles. The van der Waals surface area contributed by atoms with Crippen LogP contribution in [0.3, 0.4) is 0 Å². The molecule has 0 aromatic heterocycles.